The topological polar surface area (TPSA) is 74.3 Å². The van der Waals surface area contributed by atoms with Crippen molar-refractivity contribution in [3.63, 3.8) is 0 Å². The van der Waals surface area contributed by atoms with Gasteiger partial charge >= 0.3 is 6.03 Å². The summed E-state index contributed by atoms with van der Waals surface area (Å²) in [5.41, 5.74) is 0.632. The Balaban J connectivity index is 1.36. The summed E-state index contributed by atoms with van der Waals surface area (Å²) in [5.74, 6) is 0.443. The van der Waals surface area contributed by atoms with Gasteiger partial charge in [-0.15, -0.1) is 11.3 Å². The van der Waals surface area contributed by atoms with Gasteiger partial charge in [0.1, 0.15) is 0 Å². The number of pyridine rings is 1. The normalized spacial score (nSPS) is 15.0. The molecule has 1 aliphatic rings. The lowest BCUT2D eigenvalue weighted by Crippen LogP contribution is -2.43. The van der Waals surface area contributed by atoms with Gasteiger partial charge in [0.2, 0.25) is 0 Å². The average Bonchev–Trinajstić information content (AvgIpc) is 3.19. The highest BCUT2D eigenvalue weighted by Gasteiger charge is 2.23. The third-order valence-electron chi connectivity index (χ3n) is 4.36. The first-order valence-corrected chi connectivity index (χ1v) is 9.33. The Morgan fingerprint density at radius 3 is 2.72 bits per heavy atom. The molecular weight excluding hydrogens is 336 g/mol. The fraction of sp³-hybridized carbons (Fsp3) is 0.389. The molecule has 0 aromatic carbocycles. The Morgan fingerprint density at radius 1 is 1.20 bits per heavy atom. The molecule has 1 aliphatic heterocycles. The van der Waals surface area contributed by atoms with E-state index in [1.165, 1.54) is 0 Å². The second kappa shape index (κ2) is 8.62. The highest BCUT2D eigenvalue weighted by Crippen LogP contribution is 2.18. The smallest absolute Gasteiger partial charge is 0.315 e. The number of carbonyl (C=O) groups excluding carboxylic acids is 2. The van der Waals surface area contributed by atoms with Crippen LogP contribution in [0.1, 0.15) is 28.1 Å². The first-order valence-electron chi connectivity index (χ1n) is 8.46. The predicted octanol–water partition coefficient (Wildman–Crippen LogP) is 2.49. The molecule has 132 valence electrons. The summed E-state index contributed by atoms with van der Waals surface area (Å²) >= 11 is 1.63. The van der Waals surface area contributed by atoms with E-state index in [9.17, 15) is 9.59 Å². The fourth-order valence-electron chi connectivity index (χ4n) is 2.89. The van der Waals surface area contributed by atoms with Gasteiger partial charge in [0.05, 0.1) is 12.1 Å². The molecule has 0 unspecified atom stereocenters. The number of rotatable bonds is 5. The van der Waals surface area contributed by atoms with E-state index in [-0.39, 0.29) is 11.9 Å². The molecule has 0 aliphatic carbocycles. The second-order valence-electron chi connectivity index (χ2n) is 6.12. The maximum absolute atomic E-state index is 12.4. The standard InChI is InChI=1S/C18H22N4O2S/c23-17(15-3-1-7-19-12-15)22-8-5-14(6-9-22)11-20-18(24)21-13-16-4-2-10-25-16/h1-4,7,10,12,14H,5-6,8-9,11,13H2,(H2,20,21,24). The first kappa shape index (κ1) is 17.4. The van der Waals surface area contributed by atoms with Crippen molar-refractivity contribution in [2.75, 3.05) is 19.6 Å². The number of urea groups is 1. The number of piperidine rings is 1. The van der Waals surface area contributed by atoms with Crippen LogP contribution in [-0.2, 0) is 6.54 Å². The molecule has 25 heavy (non-hydrogen) atoms. The van der Waals surface area contributed by atoms with Gasteiger partial charge < -0.3 is 15.5 Å². The Hall–Kier alpha value is -2.41. The zero-order chi connectivity index (χ0) is 17.5. The van der Waals surface area contributed by atoms with Crippen molar-refractivity contribution in [1.82, 2.24) is 20.5 Å². The highest BCUT2D eigenvalue weighted by molar-refractivity contribution is 7.09. The van der Waals surface area contributed by atoms with Crippen LogP contribution in [0.4, 0.5) is 4.79 Å². The molecule has 1 fully saturated rings. The van der Waals surface area contributed by atoms with Crippen LogP contribution < -0.4 is 10.6 Å². The minimum Gasteiger partial charge on any atom is -0.339 e. The maximum Gasteiger partial charge on any atom is 0.315 e. The Kier molecular flexibility index (Phi) is 6.00. The quantitative estimate of drug-likeness (QED) is 0.862. The summed E-state index contributed by atoms with van der Waals surface area (Å²) in [7, 11) is 0. The van der Waals surface area contributed by atoms with E-state index < -0.39 is 0 Å². The lowest BCUT2D eigenvalue weighted by molar-refractivity contribution is 0.0690. The van der Waals surface area contributed by atoms with Gasteiger partial charge in [-0.05, 0) is 42.3 Å². The van der Waals surface area contributed by atoms with Crippen molar-refractivity contribution in [1.29, 1.82) is 0 Å². The largest absolute Gasteiger partial charge is 0.339 e. The Labute approximate surface area is 151 Å². The monoisotopic (exact) mass is 358 g/mol. The van der Waals surface area contributed by atoms with Gasteiger partial charge in [-0.2, -0.15) is 0 Å². The van der Waals surface area contributed by atoms with Gasteiger partial charge in [-0.1, -0.05) is 6.07 Å². The van der Waals surface area contributed by atoms with Crippen LogP contribution in [0, 0.1) is 5.92 Å². The molecule has 6 nitrogen and oxygen atoms in total. The highest BCUT2D eigenvalue weighted by atomic mass is 32.1. The third kappa shape index (κ3) is 5.03. The van der Waals surface area contributed by atoms with Crippen molar-refractivity contribution >= 4 is 23.3 Å². The van der Waals surface area contributed by atoms with E-state index in [0.717, 1.165) is 30.8 Å². The molecule has 0 bridgehead atoms. The summed E-state index contributed by atoms with van der Waals surface area (Å²) in [5, 5.41) is 7.79. The lowest BCUT2D eigenvalue weighted by atomic mass is 9.96. The van der Waals surface area contributed by atoms with Gasteiger partial charge in [0.15, 0.2) is 0 Å². The van der Waals surface area contributed by atoms with Crippen molar-refractivity contribution in [3.05, 3.63) is 52.5 Å². The molecule has 3 amide bonds. The minimum atomic E-state index is -0.137. The van der Waals surface area contributed by atoms with Crippen LogP contribution in [-0.4, -0.2) is 41.5 Å². The molecule has 0 spiro atoms. The number of aromatic nitrogens is 1. The maximum atomic E-state index is 12.4. The SMILES string of the molecule is O=C(NCc1cccs1)NCC1CCN(C(=O)c2cccnc2)CC1. The van der Waals surface area contributed by atoms with Crippen LogP contribution >= 0.6 is 11.3 Å². The van der Waals surface area contributed by atoms with E-state index in [4.69, 9.17) is 0 Å². The van der Waals surface area contributed by atoms with Crippen molar-refractivity contribution < 1.29 is 9.59 Å². The summed E-state index contributed by atoms with van der Waals surface area (Å²) in [6, 6.07) is 7.40. The van der Waals surface area contributed by atoms with Gasteiger partial charge in [0.25, 0.3) is 5.91 Å². The molecule has 7 heteroatoms. The molecular formula is C18H22N4O2S. The number of carbonyl (C=O) groups is 2. The number of hydrogen-bond donors (Lipinski definition) is 2. The molecule has 0 radical (unpaired) electrons. The number of nitrogens with one attached hydrogen (secondary N) is 2. The summed E-state index contributed by atoms with van der Waals surface area (Å²) < 4.78 is 0. The molecule has 1 saturated heterocycles. The first-order chi connectivity index (χ1) is 12.2. The molecule has 3 rings (SSSR count). The summed E-state index contributed by atoms with van der Waals surface area (Å²) in [4.78, 5) is 31.2. The van der Waals surface area contributed by atoms with Crippen molar-refractivity contribution in [2.45, 2.75) is 19.4 Å². The predicted molar refractivity (Wildman–Crippen MR) is 97.4 cm³/mol. The molecule has 3 heterocycles. The summed E-state index contributed by atoms with van der Waals surface area (Å²) in [6.07, 6.45) is 5.07. The van der Waals surface area contributed by atoms with Crippen LogP contribution in [0.3, 0.4) is 0 Å². The van der Waals surface area contributed by atoms with Gasteiger partial charge in [-0.3, -0.25) is 9.78 Å². The van der Waals surface area contributed by atoms with E-state index in [0.29, 0.717) is 24.6 Å². The van der Waals surface area contributed by atoms with Crippen LogP contribution in [0.5, 0.6) is 0 Å². The number of nitrogens with zero attached hydrogens (tertiary/aromatic N) is 2. The zero-order valence-electron chi connectivity index (χ0n) is 14.0. The number of thiophene rings is 1. The van der Waals surface area contributed by atoms with Gasteiger partial charge in [-0.25, -0.2) is 4.79 Å². The minimum absolute atomic E-state index is 0.0354. The van der Waals surface area contributed by atoms with Crippen LogP contribution in [0.25, 0.3) is 0 Å². The summed E-state index contributed by atoms with van der Waals surface area (Å²) in [6.45, 7) is 2.64. The van der Waals surface area contributed by atoms with E-state index >= 15 is 0 Å². The van der Waals surface area contributed by atoms with Crippen LogP contribution in [0.15, 0.2) is 42.0 Å². The molecule has 0 saturated carbocycles. The van der Waals surface area contributed by atoms with Gasteiger partial charge in [0, 0.05) is 36.9 Å². The molecule has 2 aromatic heterocycles. The number of hydrogen-bond acceptors (Lipinski definition) is 4. The third-order valence-corrected chi connectivity index (χ3v) is 5.24. The fourth-order valence-corrected chi connectivity index (χ4v) is 3.54. The number of amides is 3. The van der Waals surface area contributed by atoms with Crippen LogP contribution in [0.2, 0.25) is 0 Å². The van der Waals surface area contributed by atoms with Crippen molar-refractivity contribution in [2.24, 2.45) is 5.92 Å². The van der Waals surface area contributed by atoms with E-state index in [1.807, 2.05) is 22.4 Å². The van der Waals surface area contributed by atoms with Crippen molar-refractivity contribution in [3.8, 4) is 0 Å². The number of likely N-dealkylation sites (tertiary alicyclic amines) is 1. The second-order valence-corrected chi connectivity index (χ2v) is 7.15. The molecule has 0 atom stereocenters. The average molecular weight is 358 g/mol. The van der Waals surface area contributed by atoms with E-state index in [1.54, 1.807) is 35.9 Å². The molecule has 2 aromatic rings. The Morgan fingerprint density at radius 2 is 2.04 bits per heavy atom. The van der Waals surface area contributed by atoms with E-state index in [2.05, 4.69) is 15.6 Å². The Bertz CT molecular complexity index is 682. The molecule has 2 N–H and O–H groups in total. The lowest BCUT2D eigenvalue weighted by Gasteiger charge is -2.32. The zero-order valence-corrected chi connectivity index (χ0v) is 14.8.